The van der Waals surface area contributed by atoms with Gasteiger partial charge in [0.25, 0.3) is 0 Å². The molecule has 6 heteroatoms. The molecule has 2 unspecified atom stereocenters. The maximum Gasteiger partial charge on any atom is 0.305 e. The number of rotatable bonds is 62. The van der Waals surface area contributed by atoms with Gasteiger partial charge in [0.1, 0.15) is 0 Å². The van der Waals surface area contributed by atoms with Gasteiger partial charge in [0.2, 0.25) is 5.91 Å². The van der Waals surface area contributed by atoms with Gasteiger partial charge in [-0.1, -0.05) is 301 Å². The molecule has 0 aliphatic carbocycles. The van der Waals surface area contributed by atoms with E-state index in [4.69, 9.17) is 4.74 Å². The van der Waals surface area contributed by atoms with Crippen molar-refractivity contribution < 1.29 is 24.5 Å². The van der Waals surface area contributed by atoms with Crippen molar-refractivity contribution in [2.24, 2.45) is 0 Å². The molecule has 0 aliphatic rings. The molecular formula is C68H129NO5. The van der Waals surface area contributed by atoms with Crippen LogP contribution in [0, 0.1) is 0 Å². The van der Waals surface area contributed by atoms with Crippen molar-refractivity contribution in [2.45, 2.75) is 373 Å². The molecular weight excluding hydrogens is 911 g/mol. The average Bonchev–Trinajstić information content (AvgIpc) is 3.40. The molecule has 0 heterocycles. The summed E-state index contributed by atoms with van der Waals surface area (Å²) in [6.45, 7) is 4.94. The molecule has 0 saturated heterocycles. The van der Waals surface area contributed by atoms with Crippen molar-refractivity contribution >= 4 is 11.9 Å². The lowest BCUT2D eigenvalue weighted by atomic mass is 10.0. The van der Waals surface area contributed by atoms with Gasteiger partial charge in [0, 0.05) is 12.8 Å². The number of amides is 1. The number of nitrogens with one attached hydrogen (secondary N) is 1. The summed E-state index contributed by atoms with van der Waals surface area (Å²) in [4.78, 5) is 24.5. The monoisotopic (exact) mass is 1040 g/mol. The van der Waals surface area contributed by atoms with Gasteiger partial charge in [0.05, 0.1) is 25.4 Å². The lowest BCUT2D eigenvalue weighted by Crippen LogP contribution is -2.45. The Morgan fingerprint density at radius 1 is 0.378 bits per heavy atom. The summed E-state index contributed by atoms with van der Waals surface area (Å²) in [6.07, 6.45) is 80.4. The van der Waals surface area contributed by atoms with Crippen LogP contribution in [-0.4, -0.2) is 47.4 Å². The van der Waals surface area contributed by atoms with Gasteiger partial charge in [-0.2, -0.15) is 0 Å². The van der Waals surface area contributed by atoms with Crippen LogP contribution in [0.15, 0.2) is 36.5 Å². The first kappa shape index (κ1) is 72.1. The molecule has 0 spiro atoms. The van der Waals surface area contributed by atoms with E-state index in [0.29, 0.717) is 25.9 Å². The molecule has 0 bridgehead atoms. The minimum absolute atomic E-state index is 0.00312. The second kappa shape index (κ2) is 63.6. The van der Waals surface area contributed by atoms with E-state index in [1.54, 1.807) is 0 Å². The number of aliphatic hydroxyl groups is 2. The van der Waals surface area contributed by atoms with Crippen LogP contribution in [0.2, 0.25) is 0 Å². The zero-order valence-corrected chi connectivity index (χ0v) is 49.8. The number of aliphatic hydroxyl groups excluding tert-OH is 2. The fraction of sp³-hybridized carbons (Fsp3) is 0.882. The molecule has 74 heavy (non-hydrogen) atoms. The Labute approximate surface area is 462 Å². The summed E-state index contributed by atoms with van der Waals surface area (Å²) >= 11 is 0. The van der Waals surface area contributed by atoms with Gasteiger partial charge >= 0.3 is 5.97 Å². The molecule has 0 fully saturated rings. The highest BCUT2D eigenvalue weighted by atomic mass is 16.5. The minimum Gasteiger partial charge on any atom is -0.466 e. The number of hydrogen-bond acceptors (Lipinski definition) is 5. The van der Waals surface area contributed by atoms with E-state index in [2.05, 4.69) is 55.6 Å². The van der Waals surface area contributed by atoms with Gasteiger partial charge in [-0.15, -0.1) is 0 Å². The van der Waals surface area contributed by atoms with Crippen molar-refractivity contribution in [3.05, 3.63) is 36.5 Å². The molecule has 0 radical (unpaired) electrons. The summed E-state index contributed by atoms with van der Waals surface area (Å²) in [5.74, 6) is -0.0295. The normalized spacial score (nSPS) is 12.8. The van der Waals surface area contributed by atoms with Crippen LogP contribution in [0.4, 0.5) is 0 Å². The van der Waals surface area contributed by atoms with E-state index in [-0.39, 0.29) is 18.5 Å². The van der Waals surface area contributed by atoms with E-state index < -0.39 is 12.1 Å². The van der Waals surface area contributed by atoms with Crippen LogP contribution in [0.5, 0.6) is 0 Å². The summed E-state index contributed by atoms with van der Waals surface area (Å²) in [6, 6.07) is -0.541. The maximum atomic E-state index is 12.5. The van der Waals surface area contributed by atoms with Crippen molar-refractivity contribution in [1.29, 1.82) is 0 Å². The van der Waals surface area contributed by atoms with E-state index >= 15 is 0 Å². The van der Waals surface area contributed by atoms with Gasteiger partial charge < -0.3 is 20.3 Å². The Bertz CT molecular complexity index is 1200. The van der Waals surface area contributed by atoms with Crippen LogP contribution in [0.3, 0.4) is 0 Å². The number of hydrogen-bond donors (Lipinski definition) is 3. The van der Waals surface area contributed by atoms with E-state index in [9.17, 15) is 19.8 Å². The summed E-state index contributed by atoms with van der Waals surface area (Å²) in [5, 5.41) is 23.3. The largest absolute Gasteiger partial charge is 0.466 e. The second-order valence-corrected chi connectivity index (χ2v) is 22.8. The first-order valence-corrected chi connectivity index (χ1v) is 33.2. The quantitative estimate of drug-likeness (QED) is 0.0320. The van der Waals surface area contributed by atoms with Crippen LogP contribution < -0.4 is 5.32 Å². The predicted molar refractivity (Wildman–Crippen MR) is 324 cm³/mol. The van der Waals surface area contributed by atoms with Crippen LogP contribution >= 0.6 is 0 Å². The summed E-state index contributed by atoms with van der Waals surface area (Å²) in [5.41, 5.74) is 0. The van der Waals surface area contributed by atoms with Crippen LogP contribution in [-0.2, 0) is 14.3 Å². The first-order chi connectivity index (χ1) is 36.5. The van der Waals surface area contributed by atoms with Gasteiger partial charge in [-0.3, -0.25) is 9.59 Å². The van der Waals surface area contributed by atoms with Crippen molar-refractivity contribution in [1.82, 2.24) is 5.32 Å². The molecule has 0 aromatic rings. The molecule has 0 saturated carbocycles. The maximum absolute atomic E-state index is 12.5. The zero-order valence-electron chi connectivity index (χ0n) is 49.8. The summed E-state index contributed by atoms with van der Waals surface area (Å²) in [7, 11) is 0. The molecule has 436 valence electrons. The Hall–Kier alpha value is -1.92. The lowest BCUT2D eigenvalue weighted by molar-refractivity contribution is -0.143. The molecule has 0 aromatic carbocycles. The molecule has 2 atom stereocenters. The topological polar surface area (TPSA) is 95.9 Å². The highest BCUT2D eigenvalue weighted by Crippen LogP contribution is 2.18. The van der Waals surface area contributed by atoms with E-state index in [0.717, 1.165) is 51.4 Å². The highest BCUT2D eigenvalue weighted by Gasteiger charge is 2.20. The number of allylic oxidation sites excluding steroid dienone is 6. The number of esters is 1. The highest BCUT2D eigenvalue weighted by molar-refractivity contribution is 5.76. The predicted octanol–water partition coefficient (Wildman–Crippen LogP) is 21.1. The zero-order chi connectivity index (χ0) is 53.6. The SMILES string of the molecule is CCCCC/C=C\CCCCCCCC(=O)OCCCCCCCCCCC/C=C\C/C=C\CCCCCCCCCCCCCCCCCC(=O)NC(CO)C(O)CCCCCCCCCCCCCCCC. The van der Waals surface area contributed by atoms with E-state index in [1.807, 2.05) is 0 Å². The Morgan fingerprint density at radius 2 is 0.676 bits per heavy atom. The van der Waals surface area contributed by atoms with Gasteiger partial charge in [0.15, 0.2) is 0 Å². The third-order valence-electron chi connectivity index (χ3n) is 15.4. The van der Waals surface area contributed by atoms with E-state index in [1.165, 1.54) is 276 Å². The molecule has 1 amide bonds. The fourth-order valence-corrected chi connectivity index (χ4v) is 10.3. The van der Waals surface area contributed by atoms with Crippen molar-refractivity contribution in [3.63, 3.8) is 0 Å². The molecule has 6 nitrogen and oxygen atoms in total. The number of carbonyl (C=O) groups excluding carboxylic acids is 2. The van der Waals surface area contributed by atoms with Crippen molar-refractivity contribution in [2.75, 3.05) is 13.2 Å². The van der Waals surface area contributed by atoms with Gasteiger partial charge in [-0.05, 0) is 83.5 Å². The summed E-state index contributed by atoms with van der Waals surface area (Å²) < 4.78 is 5.47. The van der Waals surface area contributed by atoms with Crippen LogP contribution in [0.1, 0.15) is 361 Å². The molecule has 0 aliphatic heterocycles. The first-order valence-electron chi connectivity index (χ1n) is 33.2. The lowest BCUT2D eigenvalue weighted by Gasteiger charge is -2.22. The number of carbonyl (C=O) groups is 2. The molecule has 0 aromatic heterocycles. The smallest absolute Gasteiger partial charge is 0.305 e. The number of ether oxygens (including phenoxy) is 1. The van der Waals surface area contributed by atoms with Crippen LogP contribution in [0.25, 0.3) is 0 Å². The Balaban J connectivity index is 3.39. The second-order valence-electron chi connectivity index (χ2n) is 22.8. The third-order valence-corrected chi connectivity index (χ3v) is 15.4. The Morgan fingerprint density at radius 3 is 1.07 bits per heavy atom. The van der Waals surface area contributed by atoms with Crippen molar-refractivity contribution in [3.8, 4) is 0 Å². The number of unbranched alkanes of at least 4 members (excludes halogenated alkanes) is 45. The standard InChI is InChI=1S/C68H129NO5/c1-3-5-7-9-11-13-15-17-37-40-44-48-52-56-60-66(71)65(64-70)69-67(72)61-57-53-49-45-41-38-35-33-31-29-27-25-23-21-19-18-20-22-24-26-28-30-32-34-36-39-43-47-51-55-59-63-74-68(73)62-58-54-50-46-42-16-14-12-10-8-6-4-2/h12,14,20,22,26,28,65-66,70-71H,3-11,13,15-19,21,23-25,27,29-64H2,1-2H3,(H,69,72)/b14-12-,22-20-,28-26-. The average molecular weight is 1040 g/mol. The molecule has 3 N–H and O–H groups in total. The Kier molecular flexibility index (Phi) is 62.0. The molecule has 0 rings (SSSR count). The third kappa shape index (κ3) is 59.3. The van der Waals surface area contributed by atoms with Gasteiger partial charge in [-0.25, -0.2) is 0 Å². The fourth-order valence-electron chi connectivity index (χ4n) is 10.3. The minimum atomic E-state index is -0.663.